The van der Waals surface area contributed by atoms with E-state index < -0.39 is 6.10 Å². The standard InChI is InChI=1S/C7H12N2O2S2/c1-4-6(13-7(8)9-4)12-3-5(11)2-10/h5,10-11H,2-3H2,1H3,(H2,8,9). The number of aromatic nitrogens is 1. The first kappa shape index (κ1) is 10.8. The van der Waals surface area contributed by atoms with Gasteiger partial charge >= 0.3 is 0 Å². The first-order valence-corrected chi connectivity index (χ1v) is 5.58. The second-order valence-electron chi connectivity index (χ2n) is 2.57. The summed E-state index contributed by atoms with van der Waals surface area (Å²) in [4.78, 5) is 4.05. The lowest BCUT2D eigenvalue weighted by Crippen LogP contribution is -2.14. The Bertz CT molecular complexity index is 277. The highest BCUT2D eigenvalue weighted by Gasteiger charge is 2.08. The quantitative estimate of drug-likeness (QED) is 0.643. The molecule has 0 aliphatic rings. The second kappa shape index (κ2) is 4.80. The van der Waals surface area contributed by atoms with Crippen LogP contribution in [0.4, 0.5) is 5.13 Å². The van der Waals surface area contributed by atoms with Crippen LogP contribution in [0.2, 0.25) is 0 Å². The number of nitrogens with zero attached hydrogens (tertiary/aromatic N) is 1. The molecule has 0 spiro atoms. The van der Waals surface area contributed by atoms with E-state index in [1.165, 1.54) is 23.1 Å². The van der Waals surface area contributed by atoms with E-state index in [-0.39, 0.29) is 6.61 Å². The molecule has 74 valence electrons. The maximum absolute atomic E-state index is 9.10. The summed E-state index contributed by atoms with van der Waals surface area (Å²) in [5, 5.41) is 18.2. The molecule has 0 bridgehead atoms. The van der Waals surface area contributed by atoms with E-state index in [2.05, 4.69) is 4.98 Å². The molecule has 1 atom stereocenters. The fourth-order valence-corrected chi connectivity index (χ4v) is 2.73. The summed E-state index contributed by atoms with van der Waals surface area (Å²) in [6.45, 7) is 1.67. The summed E-state index contributed by atoms with van der Waals surface area (Å²) in [6.07, 6.45) is -0.673. The fraction of sp³-hybridized carbons (Fsp3) is 0.571. The van der Waals surface area contributed by atoms with Crippen molar-refractivity contribution in [2.45, 2.75) is 17.2 Å². The minimum absolute atomic E-state index is 0.208. The maximum Gasteiger partial charge on any atom is 0.181 e. The van der Waals surface area contributed by atoms with Gasteiger partial charge in [0.25, 0.3) is 0 Å². The zero-order valence-corrected chi connectivity index (χ0v) is 8.86. The SMILES string of the molecule is Cc1nc(N)sc1SCC(O)CO. The first-order chi connectivity index (χ1) is 6.13. The van der Waals surface area contributed by atoms with Crippen LogP contribution in [0.1, 0.15) is 5.69 Å². The van der Waals surface area contributed by atoms with Crippen molar-refractivity contribution in [3.63, 3.8) is 0 Å². The average Bonchev–Trinajstić information content (AvgIpc) is 2.41. The van der Waals surface area contributed by atoms with E-state index in [0.29, 0.717) is 10.9 Å². The molecule has 1 aromatic rings. The number of thioether (sulfide) groups is 1. The molecule has 0 saturated heterocycles. The van der Waals surface area contributed by atoms with Crippen LogP contribution >= 0.6 is 23.1 Å². The van der Waals surface area contributed by atoms with E-state index >= 15 is 0 Å². The molecule has 0 saturated carbocycles. The van der Waals surface area contributed by atoms with Gasteiger partial charge in [0.2, 0.25) is 0 Å². The summed E-state index contributed by atoms with van der Waals surface area (Å²) in [5.74, 6) is 0.471. The van der Waals surface area contributed by atoms with E-state index in [1.54, 1.807) is 0 Å². The summed E-state index contributed by atoms with van der Waals surface area (Å²) in [5.41, 5.74) is 6.39. The monoisotopic (exact) mass is 220 g/mol. The normalized spacial score (nSPS) is 13.2. The number of nitrogens with two attached hydrogens (primary N) is 1. The summed E-state index contributed by atoms with van der Waals surface area (Å²) >= 11 is 2.87. The zero-order valence-electron chi connectivity index (χ0n) is 7.23. The molecule has 1 aromatic heterocycles. The number of anilines is 1. The molecule has 4 N–H and O–H groups in total. The Morgan fingerprint density at radius 2 is 2.38 bits per heavy atom. The fourth-order valence-electron chi connectivity index (χ4n) is 0.761. The highest BCUT2D eigenvalue weighted by molar-refractivity contribution is 8.01. The van der Waals surface area contributed by atoms with Crippen molar-refractivity contribution in [3.8, 4) is 0 Å². The third-order valence-electron chi connectivity index (χ3n) is 1.39. The van der Waals surface area contributed by atoms with Gasteiger partial charge in [-0.2, -0.15) is 0 Å². The maximum atomic E-state index is 9.10. The average molecular weight is 220 g/mol. The Balaban J connectivity index is 2.49. The molecule has 0 aliphatic carbocycles. The molecule has 6 heteroatoms. The molecule has 0 aliphatic heterocycles. The Morgan fingerprint density at radius 1 is 1.69 bits per heavy atom. The van der Waals surface area contributed by atoms with Crippen LogP contribution in [-0.4, -0.2) is 33.7 Å². The summed E-state index contributed by atoms with van der Waals surface area (Å²) < 4.78 is 1.00. The largest absolute Gasteiger partial charge is 0.394 e. The van der Waals surface area contributed by atoms with Gasteiger partial charge in [-0.25, -0.2) is 4.98 Å². The molecule has 0 amide bonds. The number of aliphatic hydroxyl groups excluding tert-OH is 2. The van der Waals surface area contributed by atoms with Crippen molar-refractivity contribution in [2.24, 2.45) is 0 Å². The number of thiazole rings is 1. The predicted molar refractivity (Wildman–Crippen MR) is 55.1 cm³/mol. The minimum atomic E-state index is -0.673. The van der Waals surface area contributed by atoms with Crippen molar-refractivity contribution in [2.75, 3.05) is 18.1 Å². The first-order valence-electron chi connectivity index (χ1n) is 3.78. The van der Waals surface area contributed by atoms with Crippen LogP contribution in [0, 0.1) is 6.92 Å². The van der Waals surface area contributed by atoms with Crippen molar-refractivity contribution < 1.29 is 10.2 Å². The summed E-state index contributed by atoms with van der Waals surface area (Å²) in [7, 11) is 0. The van der Waals surface area contributed by atoms with Crippen LogP contribution in [0.3, 0.4) is 0 Å². The van der Waals surface area contributed by atoms with E-state index in [0.717, 1.165) is 9.90 Å². The summed E-state index contributed by atoms with van der Waals surface area (Å²) in [6, 6.07) is 0. The van der Waals surface area contributed by atoms with E-state index in [9.17, 15) is 0 Å². The minimum Gasteiger partial charge on any atom is -0.394 e. The van der Waals surface area contributed by atoms with Crippen molar-refractivity contribution >= 4 is 28.2 Å². The highest BCUT2D eigenvalue weighted by atomic mass is 32.2. The molecule has 1 unspecified atom stereocenters. The smallest absolute Gasteiger partial charge is 0.181 e. The Labute approximate surface area is 84.8 Å². The molecular weight excluding hydrogens is 208 g/mol. The van der Waals surface area contributed by atoms with Crippen LogP contribution < -0.4 is 5.73 Å². The molecule has 13 heavy (non-hydrogen) atoms. The number of aliphatic hydroxyl groups is 2. The number of nitrogen functional groups attached to an aromatic ring is 1. The van der Waals surface area contributed by atoms with Gasteiger partial charge in [0, 0.05) is 5.75 Å². The molecule has 4 nitrogen and oxygen atoms in total. The second-order valence-corrected chi connectivity index (χ2v) is 4.89. The lowest BCUT2D eigenvalue weighted by molar-refractivity contribution is 0.113. The van der Waals surface area contributed by atoms with Crippen LogP contribution in [-0.2, 0) is 0 Å². The lowest BCUT2D eigenvalue weighted by Gasteiger charge is -2.04. The molecule has 0 fully saturated rings. The zero-order chi connectivity index (χ0) is 9.84. The predicted octanol–water partition coefficient (Wildman–Crippen LogP) is 0.479. The molecule has 0 aromatic carbocycles. The third kappa shape index (κ3) is 3.15. The van der Waals surface area contributed by atoms with Gasteiger partial charge in [-0.05, 0) is 6.92 Å². The molecular formula is C7H12N2O2S2. The Hall–Kier alpha value is -0.300. The van der Waals surface area contributed by atoms with Gasteiger partial charge in [0.15, 0.2) is 5.13 Å². The number of hydrogen-bond donors (Lipinski definition) is 3. The third-order valence-corrected chi connectivity index (χ3v) is 3.88. The van der Waals surface area contributed by atoms with Crippen LogP contribution in [0.15, 0.2) is 4.21 Å². The van der Waals surface area contributed by atoms with E-state index in [4.69, 9.17) is 15.9 Å². The highest BCUT2D eigenvalue weighted by Crippen LogP contribution is 2.30. The van der Waals surface area contributed by atoms with Crippen LogP contribution in [0.25, 0.3) is 0 Å². The van der Waals surface area contributed by atoms with Gasteiger partial charge in [0.05, 0.1) is 22.6 Å². The topological polar surface area (TPSA) is 79.4 Å². The number of rotatable bonds is 4. The Morgan fingerprint density at radius 3 is 2.85 bits per heavy atom. The molecule has 1 heterocycles. The van der Waals surface area contributed by atoms with E-state index in [1.807, 2.05) is 6.92 Å². The number of hydrogen-bond acceptors (Lipinski definition) is 6. The number of aryl methyl sites for hydroxylation is 1. The van der Waals surface area contributed by atoms with Gasteiger partial charge in [-0.3, -0.25) is 0 Å². The van der Waals surface area contributed by atoms with Gasteiger partial charge in [-0.1, -0.05) is 11.3 Å². The van der Waals surface area contributed by atoms with Gasteiger partial charge in [-0.15, -0.1) is 11.8 Å². The van der Waals surface area contributed by atoms with Gasteiger partial charge < -0.3 is 15.9 Å². The van der Waals surface area contributed by atoms with Crippen LogP contribution in [0.5, 0.6) is 0 Å². The van der Waals surface area contributed by atoms with Gasteiger partial charge in [0.1, 0.15) is 0 Å². The van der Waals surface area contributed by atoms with Crippen molar-refractivity contribution in [3.05, 3.63) is 5.69 Å². The van der Waals surface area contributed by atoms with Crippen molar-refractivity contribution in [1.29, 1.82) is 0 Å². The Kier molecular flexibility index (Phi) is 3.98. The molecule has 1 rings (SSSR count). The molecule has 0 radical (unpaired) electrons. The van der Waals surface area contributed by atoms with Crippen molar-refractivity contribution in [1.82, 2.24) is 4.98 Å². The lowest BCUT2D eigenvalue weighted by atomic mass is 10.4.